The third-order valence-corrected chi connectivity index (χ3v) is 7.48. The predicted molar refractivity (Wildman–Crippen MR) is 120 cm³/mol. The molecule has 2 unspecified atom stereocenters. The van der Waals surface area contributed by atoms with Gasteiger partial charge in [-0.15, -0.1) is 0 Å². The molecule has 2 atom stereocenters. The Kier molecular flexibility index (Phi) is 5.82. The molecule has 0 N–H and O–H groups in total. The van der Waals surface area contributed by atoms with Gasteiger partial charge >= 0.3 is 0 Å². The Morgan fingerprint density at radius 2 is 1.37 bits per heavy atom. The SMILES string of the molecule is CC(C)(c1cc(Br)c(OCC2CO2)c(Br)c1)c1cc(Br)c(C2CO2)c(Br)c1. The minimum absolute atomic E-state index is 0.195. The highest BCUT2D eigenvalue weighted by Crippen LogP contribution is 2.45. The normalized spacial score (nSPS) is 21.3. The third kappa shape index (κ3) is 4.33. The van der Waals surface area contributed by atoms with Crippen LogP contribution in [0.1, 0.15) is 36.6 Å². The van der Waals surface area contributed by atoms with E-state index in [-0.39, 0.29) is 17.6 Å². The number of rotatable bonds is 6. The van der Waals surface area contributed by atoms with E-state index >= 15 is 0 Å². The van der Waals surface area contributed by atoms with Crippen molar-refractivity contribution in [2.45, 2.75) is 31.5 Å². The molecule has 144 valence electrons. The second-order valence-electron chi connectivity index (χ2n) is 7.34. The highest BCUT2D eigenvalue weighted by Gasteiger charge is 2.32. The van der Waals surface area contributed by atoms with Crippen molar-refractivity contribution in [1.29, 1.82) is 0 Å². The molecule has 2 aliphatic rings. The molecule has 0 saturated carbocycles. The topological polar surface area (TPSA) is 34.3 Å². The summed E-state index contributed by atoms with van der Waals surface area (Å²) in [5.74, 6) is 0.814. The molecule has 2 aliphatic heterocycles. The monoisotopic (exact) mass is 622 g/mol. The van der Waals surface area contributed by atoms with Crippen LogP contribution in [0.5, 0.6) is 5.75 Å². The Hall–Kier alpha value is 0.0800. The molecule has 0 radical (unpaired) electrons. The molecule has 27 heavy (non-hydrogen) atoms. The first-order valence-corrected chi connectivity index (χ1v) is 11.8. The van der Waals surface area contributed by atoms with Crippen molar-refractivity contribution in [1.82, 2.24) is 0 Å². The van der Waals surface area contributed by atoms with Crippen LogP contribution in [0.3, 0.4) is 0 Å². The van der Waals surface area contributed by atoms with Gasteiger partial charge in [0.2, 0.25) is 0 Å². The van der Waals surface area contributed by atoms with Crippen LogP contribution >= 0.6 is 63.7 Å². The zero-order valence-electron chi connectivity index (χ0n) is 14.8. The van der Waals surface area contributed by atoms with Crippen LogP contribution in [-0.2, 0) is 14.9 Å². The lowest BCUT2D eigenvalue weighted by molar-refractivity contribution is 0.260. The van der Waals surface area contributed by atoms with E-state index in [4.69, 9.17) is 14.2 Å². The Balaban J connectivity index is 1.66. The third-order valence-electron chi connectivity index (χ3n) is 4.99. The smallest absolute Gasteiger partial charge is 0.147 e. The van der Waals surface area contributed by atoms with Gasteiger partial charge in [-0.05, 0) is 67.3 Å². The maximum atomic E-state index is 5.90. The van der Waals surface area contributed by atoms with Crippen molar-refractivity contribution in [3.8, 4) is 5.75 Å². The van der Waals surface area contributed by atoms with Crippen LogP contribution in [-0.4, -0.2) is 25.9 Å². The Labute approximate surface area is 192 Å². The van der Waals surface area contributed by atoms with E-state index in [0.717, 1.165) is 36.9 Å². The highest BCUT2D eigenvalue weighted by atomic mass is 79.9. The van der Waals surface area contributed by atoms with Crippen LogP contribution in [0.4, 0.5) is 0 Å². The van der Waals surface area contributed by atoms with Gasteiger partial charge in [-0.2, -0.15) is 0 Å². The summed E-state index contributed by atoms with van der Waals surface area (Å²) < 4.78 is 20.6. The van der Waals surface area contributed by atoms with Crippen LogP contribution in [0, 0.1) is 0 Å². The van der Waals surface area contributed by atoms with Gasteiger partial charge in [-0.1, -0.05) is 45.7 Å². The van der Waals surface area contributed by atoms with Gasteiger partial charge in [0.05, 0.1) is 22.2 Å². The summed E-state index contributed by atoms with van der Waals surface area (Å²) in [6.07, 6.45) is 0.421. The molecule has 2 saturated heterocycles. The number of ether oxygens (including phenoxy) is 3. The summed E-state index contributed by atoms with van der Waals surface area (Å²) in [7, 11) is 0. The average molecular weight is 626 g/mol. The van der Waals surface area contributed by atoms with Gasteiger partial charge in [0.1, 0.15) is 24.6 Å². The number of hydrogen-bond donors (Lipinski definition) is 0. The first-order valence-electron chi connectivity index (χ1n) is 8.62. The molecular formula is C20H18Br4O3. The first-order chi connectivity index (χ1) is 12.8. The first kappa shape index (κ1) is 20.4. The van der Waals surface area contributed by atoms with Crippen molar-refractivity contribution < 1.29 is 14.2 Å². The molecule has 2 heterocycles. The molecule has 7 heteroatoms. The molecule has 0 spiro atoms. The molecule has 3 nitrogen and oxygen atoms in total. The van der Waals surface area contributed by atoms with Gasteiger partial charge in [0.25, 0.3) is 0 Å². The minimum Gasteiger partial charge on any atom is -0.488 e. The van der Waals surface area contributed by atoms with Crippen molar-refractivity contribution in [3.05, 3.63) is 58.8 Å². The molecule has 4 rings (SSSR count). The Bertz CT molecular complexity index is 843. The van der Waals surface area contributed by atoms with E-state index in [2.05, 4.69) is 102 Å². The fourth-order valence-electron chi connectivity index (χ4n) is 3.03. The molecule has 0 aromatic heterocycles. The van der Waals surface area contributed by atoms with Crippen LogP contribution in [0.15, 0.2) is 42.2 Å². The lowest BCUT2D eigenvalue weighted by Gasteiger charge is -2.28. The fourth-order valence-corrected chi connectivity index (χ4v) is 6.15. The zero-order chi connectivity index (χ0) is 19.3. The number of hydrogen-bond acceptors (Lipinski definition) is 3. The molecule has 2 fully saturated rings. The summed E-state index contributed by atoms with van der Waals surface area (Å²) in [6, 6.07) is 8.65. The van der Waals surface area contributed by atoms with Gasteiger partial charge < -0.3 is 14.2 Å². The van der Waals surface area contributed by atoms with Gasteiger partial charge in [0, 0.05) is 19.9 Å². The van der Waals surface area contributed by atoms with E-state index in [1.165, 1.54) is 16.7 Å². The predicted octanol–water partition coefficient (Wildman–Crippen LogP) is 6.91. The van der Waals surface area contributed by atoms with Crippen LogP contribution in [0.2, 0.25) is 0 Å². The number of halogens is 4. The second kappa shape index (κ2) is 7.73. The van der Waals surface area contributed by atoms with E-state index in [9.17, 15) is 0 Å². The largest absolute Gasteiger partial charge is 0.488 e. The van der Waals surface area contributed by atoms with Crippen molar-refractivity contribution in [2.24, 2.45) is 0 Å². The summed E-state index contributed by atoms with van der Waals surface area (Å²) >= 11 is 14.8. The zero-order valence-corrected chi connectivity index (χ0v) is 21.2. The van der Waals surface area contributed by atoms with E-state index in [0.29, 0.717) is 6.61 Å². The molecule has 0 amide bonds. The Morgan fingerprint density at radius 3 is 1.81 bits per heavy atom. The van der Waals surface area contributed by atoms with Gasteiger partial charge in [-0.3, -0.25) is 0 Å². The Morgan fingerprint density at radius 1 is 0.889 bits per heavy atom. The summed E-state index contributed by atoms with van der Waals surface area (Å²) in [5, 5.41) is 0. The van der Waals surface area contributed by atoms with E-state index in [1.54, 1.807) is 0 Å². The highest BCUT2D eigenvalue weighted by molar-refractivity contribution is 9.11. The molecule has 2 aromatic rings. The number of epoxide rings is 2. The maximum Gasteiger partial charge on any atom is 0.147 e. The van der Waals surface area contributed by atoms with Crippen molar-refractivity contribution in [2.75, 3.05) is 19.8 Å². The molecule has 0 bridgehead atoms. The van der Waals surface area contributed by atoms with Crippen molar-refractivity contribution in [3.63, 3.8) is 0 Å². The van der Waals surface area contributed by atoms with Gasteiger partial charge in [-0.25, -0.2) is 0 Å². The fraction of sp³-hybridized carbons (Fsp3) is 0.400. The lowest BCUT2D eigenvalue weighted by Crippen LogP contribution is -2.19. The van der Waals surface area contributed by atoms with Crippen LogP contribution < -0.4 is 4.74 Å². The minimum atomic E-state index is -0.197. The van der Waals surface area contributed by atoms with Crippen LogP contribution in [0.25, 0.3) is 0 Å². The quantitative estimate of drug-likeness (QED) is 0.327. The molecule has 0 aliphatic carbocycles. The standard InChI is InChI=1S/C20H18Br4O3/c1-20(2,10-3-13(21)18(14(22)4-10)17-9-26-17)11-5-15(23)19(16(24)6-11)27-8-12-7-25-12/h3-6,12,17H,7-9H2,1-2H3. The van der Waals surface area contributed by atoms with Crippen molar-refractivity contribution >= 4 is 63.7 Å². The summed E-state index contributed by atoms with van der Waals surface area (Å²) in [4.78, 5) is 0. The summed E-state index contributed by atoms with van der Waals surface area (Å²) in [6.45, 7) is 6.59. The maximum absolute atomic E-state index is 5.90. The molecule has 2 aromatic carbocycles. The average Bonchev–Trinajstić information content (AvgIpc) is 3.47. The number of benzene rings is 2. The van der Waals surface area contributed by atoms with Gasteiger partial charge in [0.15, 0.2) is 0 Å². The van der Waals surface area contributed by atoms with E-state index < -0.39 is 0 Å². The lowest BCUT2D eigenvalue weighted by atomic mass is 9.78. The second-order valence-corrected chi connectivity index (χ2v) is 10.8. The summed E-state index contributed by atoms with van der Waals surface area (Å²) in [5.41, 5.74) is 3.38. The van der Waals surface area contributed by atoms with E-state index in [1.807, 2.05) is 0 Å². The molecular weight excluding hydrogens is 608 g/mol.